The molecule has 0 radical (unpaired) electrons. The number of rotatable bonds is 7. The average Bonchev–Trinajstić information content (AvgIpc) is 3.29. The predicted molar refractivity (Wildman–Crippen MR) is 133 cm³/mol. The summed E-state index contributed by atoms with van der Waals surface area (Å²) < 4.78 is 6.38. The van der Waals surface area contributed by atoms with Crippen molar-refractivity contribution in [2.24, 2.45) is 0 Å². The highest BCUT2D eigenvalue weighted by Crippen LogP contribution is 2.31. The van der Waals surface area contributed by atoms with Crippen molar-refractivity contribution in [3.63, 3.8) is 0 Å². The zero-order valence-corrected chi connectivity index (χ0v) is 21.0. The van der Waals surface area contributed by atoms with Gasteiger partial charge in [0.2, 0.25) is 5.91 Å². The van der Waals surface area contributed by atoms with Crippen molar-refractivity contribution >= 4 is 29.5 Å². The first-order chi connectivity index (χ1) is 16.8. The lowest BCUT2D eigenvalue weighted by Gasteiger charge is -2.43. The van der Waals surface area contributed by atoms with Crippen molar-refractivity contribution in [2.75, 3.05) is 13.4 Å². The van der Waals surface area contributed by atoms with Gasteiger partial charge in [0.1, 0.15) is 11.2 Å². The van der Waals surface area contributed by atoms with E-state index in [1.54, 1.807) is 23.3 Å². The topological polar surface area (TPSA) is 93.5 Å². The fourth-order valence-corrected chi connectivity index (χ4v) is 4.58. The Morgan fingerprint density at radius 1 is 1.11 bits per heavy atom. The van der Waals surface area contributed by atoms with Crippen LogP contribution in [0.15, 0.2) is 59.8 Å². The minimum Gasteiger partial charge on any atom is -0.464 e. The number of fused-ring (bicyclic) bond motifs is 1. The lowest BCUT2D eigenvalue weighted by molar-refractivity contribution is -0.133. The Balaban J connectivity index is 1.67. The number of thioether (sulfide) groups is 1. The van der Waals surface area contributed by atoms with Crippen molar-refractivity contribution in [2.45, 2.75) is 43.9 Å². The number of benzene rings is 2. The van der Waals surface area contributed by atoms with Crippen LogP contribution in [-0.2, 0) is 29.2 Å². The van der Waals surface area contributed by atoms with Crippen LogP contribution in [0, 0.1) is 6.92 Å². The van der Waals surface area contributed by atoms with Gasteiger partial charge in [-0.3, -0.25) is 9.59 Å². The van der Waals surface area contributed by atoms with Gasteiger partial charge in [-0.2, -0.15) is 0 Å². The van der Waals surface area contributed by atoms with Crippen LogP contribution in [0.5, 0.6) is 0 Å². The van der Waals surface area contributed by atoms with Crippen molar-refractivity contribution in [3.8, 4) is 0 Å². The van der Waals surface area contributed by atoms with Crippen LogP contribution in [0.1, 0.15) is 44.6 Å². The van der Waals surface area contributed by atoms with E-state index in [9.17, 15) is 14.4 Å². The molecule has 0 unspecified atom stereocenters. The normalized spacial score (nSPS) is 17.1. The van der Waals surface area contributed by atoms with Gasteiger partial charge in [-0.15, -0.1) is 11.8 Å². The highest BCUT2D eigenvalue weighted by atomic mass is 32.2. The van der Waals surface area contributed by atoms with Gasteiger partial charge >= 0.3 is 5.97 Å². The van der Waals surface area contributed by atoms with Gasteiger partial charge in [-0.05, 0) is 43.4 Å². The van der Waals surface area contributed by atoms with E-state index in [4.69, 9.17) is 4.74 Å². The molecule has 2 aromatic carbocycles. The van der Waals surface area contributed by atoms with Gasteiger partial charge < -0.3 is 19.5 Å². The molecule has 3 aromatic rings. The summed E-state index contributed by atoms with van der Waals surface area (Å²) in [5.74, 6) is -1.42. The maximum Gasteiger partial charge on any atom is 0.359 e. The third kappa shape index (κ3) is 4.81. The van der Waals surface area contributed by atoms with Gasteiger partial charge in [0, 0.05) is 18.0 Å². The number of nitrogens with one attached hydrogen (secondary N) is 1. The van der Waals surface area contributed by atoms with E-state index in [0.29, 0.717) is 6.54 Å². The molecule has 1 aliphatic rings. The van der Waals surface area contributed by atoms with E-state index in [1.807, 2.05) is 61.7 Å². The molecule has 2 heterocycles. The van der Waals surface area contributed by atoms with E-state index in [1.165, 1.54) is 18.3 Å². The van der Waals surface area contributed by atoms with Crippen molar-refractivity contribution in [1.29, 1.82) is 0 Å². The maximum absolute atomic E-state index is 13.8. The Morgan fingerprint density at radius 3 is 2.40 bits per heavy atom. The van der Waals surface area contributed by atoms with Crippen LogP contribution in [0.3, 0.4) is 0 Å². The number of carbonyl (C=O) groups excluding carboxylic acids is 3. The SMILES string of the molecule is COC(=O)c1ncn2c1C(=O)N(Cc1ccc(SC)cc1)[C@](C)(C(=O)NCc1ccc(C)cc1)C2. The van der Waals surface area contributed by atoms with Crippen LogP contribution in [0.4, 0.5) is 0 Å². The standard InChI is InChI=1S/C26H28N4O4S/c1-17-5-7-18(8-6-17)13-27-25(33)26(2)15-29-16-28-21(24(32)34-3)22(29)23(31)30(26)14-19-9-11-20(35-4)12-10-19/h5-12,16H,13-15H2,1-4H3,(H,27,33)/t26-/m0/s1. The second-order valence-electron chi connectivity index (χ2n) is 8.74. The Morgan fingerprint density at radius 2 is 1.77 bits per heavy atom. The molecule has 8 nitrogen and oxygen atoms in total. The quantitative estimate of drug-likeness (QED) is 0.401. The molecule has 1 N–H and O–H groups in total. The molecule has 0 spiro atoms. The number of ether oxygens (including phenoxy) is 1. The molecule has 1 atom stereocenters. The molecule has 1 aliphatic heterocycles. The zero-order chi connectivity index (χ0) is 25.2. The Hall–Kier alpha value is -3.59. The van der Waals surface area contributed by atoms with Crippen molar-refractivity contribution < 1.29 is 19.1 Å². The zero-order valence-electron chi connectivity index (χ0n) is 20.2. The van der Waals surface area contributed by atoms with E-state index < -0.39 is 17.4 Å². The Labute approximate surface area is 208 Å². The maximum atomic E-state index is 13.8. The highest BCUT2D eigenvalue weighted by Gasteiger charge is 2.48. The molecule has 35 heavy (non-hydrogen) atoms. The summed E-state index contributed by atoms with van der Waals surface area (Å²) in [5.41, 5.74) is 1.84. The van der Waals surface area contributed by atoms with Gasteiger partial charge in [0.25, 0.3) is 5.91 Å². The second kappa shape index (κ2) is 9.95. The Bertz CT molecular complexity index is 1250. The lowest BCUT2D eigenvalue weighted by Crippen LogP contribution is -2.63. The summed E-state index contributed by atoms with van der Waals surface area (Å²) in [4.78, 5) is 46.3. The summed E-state index contributed by atoms with van der Waals surface area (Å²) in [7, 11) is 1.25. The van der Waals surface area contributed by atoms with Crippen LogP contribution in [0.2, 0.25) is 0 Å². The number of carbonyl (C=O) groups is 3. The first-order valence-corrected chi connectivity index (χ1v) is 12.4. The third-order valence-electron chi connectivity index (χ3n) is 6.30. The van der Waals surface area contributed by atoms with Crippen LogP contribution in [-0.4, -0.2) is 51.1 Å². The van der Waals surface area contributed by atoms with Gasteiger partial charge in [0.15, 0.2) is 5.69 Å². The van der Waals surface area contributed by atoms with E-state index in [0.717, 1.165) is 21.6 Å². The first-order valence-electron chi connectivity index (χ1n) is 11.2. The van der Waals surface area contributed by atoms with Crippen LogP contribution < -0.4 is 5.32 Å². The van der Waals surface area contributed by atoms with Crippen LogP contribution in [0.25, 0.3) is 0 Å². The van der Waals surface area contributed by atoms with Gasteiger partial charge in [-0.25, -0.2) is 9.78 Å². The molecular weight excluding hydrogens is 464 g/mol. The number of amides is 2. The summed E-state index contributed by atoms with van der Waals surface area (Å²) in [6, 6.07) is 15.7. The number of aromatic nitrogens is 2. The fourth-order valence-electron chi connectivity index (χ4n) is 4.17. The largest absolute Gasteiger partial charge is 0.464 e. The van der Waals surface area contributed by atoms with Crippen LogP contribution >= 0.6 is 11.8 Å². The number of hydrogen-bond donors (Lipinski definition) is 1. The van der Waals surface area contributed by atoms with Crippen molar-refractivity contribution in [1.82, 2.24) is 19.8 Å². The lowest BCUT2D eigenvalue weighted by atomic mass is 9.93. The number of methoxy groups -OCH3 is 1. The summed E-state index contributed by atoms with van der Waals surface area (Å²) in [6.45, 7) is 4.44. The molecule has 4 rings (SSSR count). The highest BCUT2D eigenvalue weighted by molar-refractivity contribution is 7.98. The fraction of sp³-hybridized carbons (Fsp3) is 0.308. The number of hydrogen-bond acceptors (Lipinski definition) is 6. The molecule has 1 aromatic heterocycles. The molecule has 182 valence electrons. The molecule has 0 saturated carbocycles. The smallest absolute Gasteiger partial charge is 0.359 e. The van der Waals surface area contributed by atoms with Gasteiger partial charge in [-0.1, -0.05) is 42.0 Å². The number of nitrogens with zero attached hydrogens (tertiary/aromatic N) is 3. The molecule has 0 bridgehead atoms. The molecule has 0 fully saturated rings. The predicted octanol–water partition coefficient (Wildman–Crippen LogP) is 3.43. The molecule has 9 heteroatoms. The number of aryl methyl sites for hydroxylation is 1. The summed E-state index contributed by atoms with van der Waals surface area (Å²) >= 11 is 1.63. The third-order valence-corrected chi connectivity index (χ3v) is 7.04. The van der Waals surface area contributed by atoms with E-state index >= 15 is 0 Å². The molecule has 2 amide bonds. The average molecular weight is 493 g/mol. The van der Waals surface area contributed by atoms with Crippen molar-refractivity contribution in [3.05, 3.63) is 82.9 Å². The van der Waals surface area contributed by atoms with E-state index in [2.05, 4.69) is 10.3 Å². The van der Waals surface area contributed by atoms with E-state index in [-0.39, 0.29) is 30.4 Å². The Kier molecular flexibility index (Phi) is 6.98. The van der Waals surface area contributed by atoms with Gasteiger partial charge in [0.05, 0.1) is 20.0 Å². The molecule has 0 saturated heterocycles. The monoisotopic (exact) mass is 492 g/mol. The second-order valence-corrected chi connectivity index (χ2v) is 9.62. The minimum absolute atomic E-state index is 0.0534. The number of imidazole rings is 1. The summed E-state index contributed by atoms with van der Waals surface area (Å²) in [5, 5.41) is 2.99. The first kappa shape index (κ1) is 24.5. The molecular formula is C26H28N4O4S. The number of esters is 1. The minimum atomic E-state index is -1.21. The summed E-state index contributed by atoms with van der Waals surface area (Å²) in [6.07, 6.45) is 3.41. The molecule has 0 aliphatic carbocycles.